The van der Waals surface area contributed by atoms with E-state index in [1.807, 2.05) is 54.7 Å². The van der Waals surface area contributed by atoms with E-state index < -0.39 is 5.97 Å². The topological polar surface area (TPSA) is 117 Å². The van der Waals surface area contributed by atoms with Crippen LogP contribution < -0.4 is 5.32 Å². The number of rotatable bonds is 4. The quantitative estimate of drug-likeness (QED) is 0.426. The van der Waals surface area contributed by atoms with E-state index in [1.165, 1.54) is 17.1 Å². The molecule has 0 fully saturated rings. The third-order valence-corrected chi connectivity index (χ3v) is 4.00. The molecular formula is C19H12N6O2. The van der Waals surface area contributed by atoms with Crippen molar-refractivity contribution in [1.29, 1.82) is 5.26 Å². The second kappa shape index (κ2) is 6.57. The van der Waals surface area contributed by atoms with Crippen LogP contribution in [0.4, 0.5) is 5.82 Å². The van der Waals surface area contributed by atoms with Gasteiger partial charge in [-0.05, 0) is 23.3 Å². The van der Waals surface area contributed by atoms with Crippen LogP contribution in [-0.2, 0) is 0 Å². The fourth-order valence-corrected chi connectivity index (χ4v) is 2.72. The third kappa shape index (κ3) is 3.05. The van der Waals surface area contributed by atoms with Gasteiger partial charge in [0.1, 0.15) is 0 Å². The van der Waals surface area contributed by atoms with Gasteiger partial charge in [-0.2, -0.15) is 15.3 Å². The molecule has 0 amide bonds. The fourth-order valence-electron chi connectivity index (χ4n) is 2.72. The molecule has 0 unspecified atom stereocenters. The molecule has 0 saturated heterocycles. The number of benzene rings is 2. The van der Waals surface area contributed by atoms with E-state index in [0.29, 0.717) is 16.7 Å². The lowest BCUT2D eigenvalue weighted by atomic mass is 10.0. The van der Waals surface area contributed by atoms with Crippen LogP contribution in [-0.4, -0.2) is 30.8 Å². The van der Waals surface area contributed by atoms with Crippen molar-refractivity contribution in [3.05, 3.63) is 66.5 Å². The van der Waals surface area contributed by atoms with Crippen molar-refractivity contribution in [2.75, 3.05) is 5.32 Å². The number of nitrogens with one attached hydrogen (secondary N) is 1. The van der Waals surface area contributed by atoms with Gasteiger partial charge in [-0.1, -0.05) is 36.4 Å². The van der Waals surface area contributed by atoms with E-state index in [4.69, 9.17) is 10.4 Å². The maximum atomic E-state index is 11.1. The summed E-state index contributed by atoms with van der Waals surface area (Å²) in [5.41, 5.74) is 2.62. The third-order valence-electron chi connectivity index (χ3n) is 4.00. The molecule has 8 heteroatoms. The van der Waals surface area contributed by atoms with Crippen molar-refractivity contribution < 1.29 is 9.90 Å². The number of nitrogens with zero attached hydrogens (tertiary/aromatic N) is 5. The molecule has 0 aliphatic rings. The number of hydrogen-bond acceptors (Lipinski definition) is 6. The lowest BCUT2D eigenvalue weighted by molar-refractivity contribution is 0.0697. The van der Waals surface area contributed by atoms with Gasteiger partial charge in [0.05, 0.1) is 17.3 Å². The van der Waals surface area contributed by atoms with Gasteiger partial charge < -0.3 is 5.11 Å². The van der Waals surface area contributed by atoms with Crippen LogP contribution in [0.1, 0.15) is 10.4 Å². The maximum Gasteiger partial charge on any atom is 0.338 e. The highest BCUT2D eigenvalue weighted by molar-refractivity contribution is 5.93. The minimum atomic E-state index is -1.09. The van der Waals surface area contributed by atoms with Crippen LogP contribution in [0.25, 0.3) is 28.0 Å². The summed E-state index contributed by atoms with van der Waals surface area (Å²) in [5.74, 6) is -0.604. The summed E-state index contributed by atoms with van der Waals surface area (Å²) in [6, 6.07) is 15.5. The number of hydrogen-bond donors (Lipinski definition) is 2. The minimum Gasteiger partial charge on any atom is -0.478 e. The van der Waals surface area contributed by atoms with Crippen LogP contribution in [0.2, 0.25) is 0 Å². The summed E-state index contributed by atoms with van der Waals surface area (Å²) in [6.45, 7) is 0. The van der Waals surface area contributed by atoms with Gasteiger partial charge in [-0.15, -0.1) is 0 Å². The Morgan fingerprint density at radius 1 is 1.11 bits per heavy atom. The molecule has 0 saturated carbocycles. The Kier molecular flexibility index (Phi) is 3.95. The highest BCUT2D eigenvalue weighted by Gasteiger charge is 2.13. The standard InChI is InChI=1S/C19H12N6O2/c20-11-21-17-15-8-13(12-4-2-1-3-5-12)6-7-16(15)23-19(24-17)25-10-14(9-22-25)18(26)27/h1-10H,(H,26,27)(H,21,23,24). The van der Waals surface area contributed by atoms with Crippen LogP contribution in [0.15, 0.2) is 60.9 Å². The fraction of sp³-hybridized carbons (Fsp3) is 0. The zero-order chi connectivity index (χ0) is 18.8. The van der Waals surface area contributed by atoms with E-state index in [2.05, 4.69) is 20.4 Å². The van der Waals surface area contributed by atoms with E-state index in [-0.39, 0.29) is 11.5 Å². The first kappa shape index (κ1) is 16.2. The molecule has 4 rings (SSSR count). The summed E-state index contributed by atoms with van der Waals surface area (Å²) < 4.78 is 1.26. The van der Waals surface area contributed by atoms with E-state index in [9.17, 15) is 4.79 Å². The molecule has 4 aromatic rings. The Labute approximate surface area is 153 Å². The zero-order valence-corrected chi connectivity index (χ0v) is 13.9. The van der Waals surface area contributed by atoms with Crippen LogP contribution in [0, 0.1) is 11.5 Å². The van der Waals surface area contributed by atoms with Crippen LogP contribution >= 0.6 is 0 Å². The number of anilines is 1. The predicted molar refractivity (Wildman–Crippen MR) is 98.3 cm³/mol. The monoisotopic (exact) mass is 356 g/mol. The lowest BCUT2D eigenvalue weighted by Gasteiger charge is -2.09. The van der Waals surface area contributed by atoms with Gasteiger partial charge in [0, 0.05) is 11.6 Å². The lowest BCUT2D eigenvalue weighted by Crippen LogP contribution is -2.05. The smallest absolute Gasteiger partial charge is 0.338 e. The van der Waals surface area contributed by atoms with Gasteiger partial charge in [0.15, 0.2) is 12.0 Å². The molecular weight excluding hydrogens is 344 g/mol. The Hall–Kier alpha value is -4.25. The molecule has 2 aromatic carbocycles. The van der Waals surface area contributed by atoms with Crippen molar-refractivity contribution in [3.8, 4) is 23.3 Å². The number of fused-ring (bicyclic) bond motifs is 1. The molecule has 0 spiro atoms. The molecule has 8 nitrogen and oxygen atoms in total. The van der Waals surface area contributed by atoms with Gasteiger partial charge in [-0.3, -0.25) is 5.32 Å². The molecule has 0 radical (unpaired) electrons. The number of carbonyl (C=O) groups is 1. The molecule has 2 aromatic heterocycles. The molecule has 0 aliphatic heterocycles. The number of nitriles is 1. The molecule has 0 bridgehead atoms. The Balaban J connectivity index is 1.87. The Morgan fingerprint density at radius 2 is 1.93 bits per heavy atom. The molecule has 0 aliphatic carbocycles. The SMILES string of the molecule is N#CNc1nc(-n2cc(C(=O)O)cn2)nc2ccc(-c3ccccc3)cc12. The number of aromatic nitrogens is 4. The highest BCUT2D eigenvalue weighted by Crippen LogP contribution is 2.28. The largest absolute Gasteiger partial charge is 0.478 e. The van der Waals surface area contributed by atoms with Gasteiger partial charge in [0.2, 0.25) is 0 Å². The summed E-state index contributed by atoms with van der Waals surface area (Å²) >= 11 is 0. The first-order valence-electron chi connectivity index (χ1n) is 7.96. The van der Waals surface area contributed by atoms with Crippen molar-refractivity contribution in [2.45, 2.75) is 0 Å². The van der Waals surface area contributed by atoms with Crippen molar-refractivity contribution in [3.63, 3.8) is 0 Å². The molecule has 2 N–H and O–H groups in total. The summed E-state index contributed by atoms with van der Waals surface area (Å²) in [4.78, 5) is 19.8. The summed E-state index contributed by atoms with van der Waals surface area (Å²) in [7, 11) is 0. The number of carboxylic acids is 1. The van der Waals surface area contributed by atoms with E-state index in [0.717, 1.165) is 11.1 Å². The maximum absolute atomic E-state index is 11.1. The van der Waals surface area contributed by atoms with Gasteiger partial charge in [-0.25, -0.2) is 14.5 Å². The first-order valence-corrected chi connectivity index (χ1v) is 7.96. The summed E-state index contributed by atoms with van der Waals surface area (Å²) in [6.07, 6.45) is 4.40. The van der Waals surface area contributed by atoms with Gasteiger partial charge in [0.25, 0.3) is 5.95 Å². The zero-order valence-electron chi connectivity index (χ0n) is 13.9. The average molecular weight is 356 g/mol. The highest BCUT2D eigenvalue weighted by atomic mass is 16.4. The first-order chi connectivity index (χ1) is 13.2. The molecule has 130 valence electrons. The van der Waals surface area contributed by atoms with Gasteiger partial charge >= 0.3 is 5.97 Å². The second-order valence-corrected chi connectivity index (χ2v) is 5.69. The van der Waals surface area contributed by atoms with Crippen molar-refractivity contribution in [1.82, 2.24) is 19.7 Å². The predicted octanol–water partition coefficient (Wildman–Crippen LogP) is 3.07. The van der Waals surface area contributed by atoms with Crippen molar-refractivity contribution >= 4 is 22.7 Å². The minimum absolute atomic E-state index is 0.0212. The summed E-state index contributed by atoms with van der Waals surface area (Å²) in [5, 5.41) is 25.3. The number of carboxylic acid groups (broad SMARTS) is 1. The van der Waals surface area contributed by atoms with Crippen molar-refractivity contribution in [2.24, 2.45) is 0 Å². The molecule has 2 heterocycles. The second-order valence-electron chi connectivity index (χ2n) is 5.69. The average Bonchev–Trinajstić information content (AvgIpc) is 3.19. The van der Waals surface area contributed by atoms with Crippen LogP contribution in [0.3, 0.4) is 0 Å². The normalized spacial score (nSPS) is 10.5. The van der Waals surface area contributed by atoms with E-state index in [1.54, 1.807) is 0 Å². The Morgan fingerprint density at radius 3 is 2.63 bits per heavy atom. The van der Waals surface area contributed by atoms with E-state index >= 15 is 0 Å². The number of aromatic carboxylic acids is 1. The Bertz CT molecular complexity index is 1190. The van der Waals surface area contributed by atoms with Crippen LogP contribution in [0.5, 0.6) is 0 Å². The molecule has 0 atom stereocenters. The molecule has 27 heavy (non-hydrogen) atoms.